The second-order valence-corrected chi connectivity index (χ2v) is 5.97. The van der Waals surface area contributed by atoms with Gasteiger partial charge in [-0.05, 0) is 24.0 Å². The van der Waals surface area contributed by atoms with Gasteiger partial charge >= 0.3 is 6.18 Å². The fraction of sp³-hybridized carbons (Fsp3) is 0.267. The van der Waals surface area contributed by atoms with Gasteiger partial charge in [0.25, 0.3) is 5.91 Å². The second kappa shape index (κ2) is 8.39. The maximum Gasteiger partial charge on any atom is 0.422 e. The maximum absolute atomic E-state index is 12.2. The van der Waals surface area contributed by atoms with Crippen LogP contribution in [0.4, 0.5) is 13.2 Å². The molecule has 1 N–H and O–H groups in total. The zero-order valence-electron chi connectivity index (χ0n) is 12.9. The van der Waals surface area contributed by atoms with E-state index >= 15 is 0 Å². The number of halogens is 4. The summed E-state index contributed by atoms with van der Waals surface area (Å²) in [6, 6.07) is 6.01. The van der Waals surface area contributed by atoms with E-state index in [1.807, 2.05) is 0 Å². The van der Waals surface area contributed by atoms with Gasteiger partial charge in [0.15, 0.2) is 17.5 Å². The normalized spacial score (nSPS) is 11.2. The summed E-state index contributed by atoms with van der Waals surface area (Å²) in [6.07, 6.45) is -1.32. The van der Waals surface area contributed by atoms with E-state index in [1.54, 1.807) is 12.3 Å². The van der Waals surface area contributed by atoms with Crippen molar-refractivity contribution >= 4 is 29.3 Å². The lowest BCUT2D eigenvalue weighted by Gasteiger charge is -2.11. The summed E-state index contributed by atoms with van der Waals surface area (Å²) in [7, 11) is 0. The molecule has 0 aliphatic carbocycles. The molecule has 25 heavy (non-hydrogen) atoms. The average Bonchev–Trinajstić information content (AvgIpc) is 2.58. The third-order valence-electron chi connectivity index (χ3n) is 2.87. The van der Waals surface area contributed by atoms with Crippen molar-refractivity contribution in [2.24, 2.45) is 0 Å². The SMILES string of the molecule is CSc1ncc(Cl)c(C(=O)NCc2cccc(OCC(F)(F)F)c2)n1. The number of amides is 1. The summed E-state index contributed by atoms with van der Waals surface area (Å²) in [4.78, 5) is 20.2. The molecule has 0 spiro atoms. The van der Waals surface area contributed by atoms with Gasteiger partial charge in [-0.3, -0.25) is 4.79 Å². The zero-order chi connectivity index (χ0) is 18.4. The van der Waals surface area contributed by atoms with Crippen LogP contribution in [0, 0.1) is 0 Å². The molecule has 0 unspecified atom stereocenters. The van der Waals surface area contributed by atoms with Crippen molar-refractivity contribution in [3.05, 3.63) is 46.7 Å². The summed E-state index contributed by atoms with van der Waals surface area (Å²) >= 11 is 7.18. The number of carbonyl (C=O) groups excluding carboxylic acids is 1. The molecule has 0 aliphatic heterocycles. The number of alkyl halides is 3. The molecule has 0 saturated heterocycles. The Labute approximate surface area is 151 Å². The largest absolute Gasteiger partial charge is 0.484 e. The summed E-state index contributed by atoms with van der Waals surface area (Å²) in [5.41, 5.74) is 0.605. The molecule has 0 fully saturated rings. The Bertz CT molecular complexity index is 759. The average molecular weight is 392 g/mol. The van der Waals surface area contributed by atoms with Gasteiger partial charge in [-0.1, -0.05) is 35.5 Å². The topological polar surface area (TPSA) is 64.1 Å². The summed E-state index contributed by atoms with van der Waals surface area (Å²) in [5.74, 6) is -0.446. The molecule has 2 aromatic rings. The molecule has 0 atom stereocenters. The lowest BCUT2D eigenvalue weighted by molar-refractivity contribution is -0.153. The summed E-state index contributed by atoms with van der Waals surface area (Å²) in [6.45, 7) is -1.30. The monoisotopic (exact) mass is 391 g/mol. The molecule has 1 amide bonds. The Balaban J connectivity index is 2.00. The molecule has 10 heteroatoms. The lowest BCUT2D eigenvalue weighted by Crippen LogP contribution is -2.24. The van der Waals surface area contributed by atoms with E-state index in [1.165, 1.54) is 36.2 Å². The summed E-state index contributed by atoms with van der Waals surface area (Å²) in [5, 5.41) is 3.12. The molecule has 2 rings (SSSR count). The number of nitrogens with one attached hydrogen (secondary N) is 1. The molecule has 0 bridgehead atoms. The van der Waals surface area contributed by atoms with Crippen molar-refractivity contribution in [1.82, 2.24) is 15.3 Å². The number of nitrogens with zero attached hydrogens (tertiary/aromatic N) is 2. The van der Waals surface area contributed by atoms with Gasteiger partial charge in [0.1, 0.15) is 5.75 Å². The van der Waals surface area contributed by atoms with Crippen LogP contribution in [0.25, 0.3) is 0 Å². The number of hydrogen-bond donors (Lipinski definition) is 1. The number of hydrogen-bond acceptors (Lipinski definition) is 5. The quantitative estimate of drug-likeness (QED) is 0.600. The molecular formula is C15H13ClF3N3O2S. The van der Waals surface area contributed by atoms with Crippen LogP contribution in [0.2, 0.25) is 5.02 Å². The maximum atomic E-state index is 12.2. The van der Waals surface area contributed by atoms with Crippen LogP contribution in [0.3, 0.4) is 0 Å². The Hall–Kier alpha value is -2.00. The van der Waals surface area contributed by atoms with E-state index in [2.05, 4.69) is 20.0 Å². The number of thioether (sulfide) groups is 1. The Morgan fingerprint density at radius 2 is 2.16 bits per heavy atom. The molecule has 1 aromatic carbocycles. The summed E-state index contributed by atoms with van der Waals surface area (Å²) < 4.78 is 41.2. The first kappa shape index (κ1) is 19.3. The third kappa shape index (κ3) is 6.09. The van der Waals surface area contributed by atoms with Crippen LogP contribution in [0.1, 0.15) is 16.1 Å². The van der Waals surface area contributed by atoms with Gasteiger partial charge in [0.2, 0.25) is 0 Å². The van der Waals surface area contributed by atoms with E-state index in [0.29, 0.717) is 10.7 Å². The van der Waals surface area contributed by atoms with Crippen LogP contribution >= 0.6 is 23.4 Å². The standard InChI is InChI=1S/C15H13ClF3N3O2S/c1-25-14-21-7-11(16)12(22-14)13(23)20-6-9-3-2-4-10(5-9)24-8-15(17,18)19/h2-5,7H,6,8H2,1H3,(H,20,23). The van der Waals surface area contributed by atoms with Crippen LogP contribution in [-0.4, -0.2) is 34.9 Å². The predicted octanol–water partition coefficient (Wildman–Crippen LogP) is 3.72. The molecule has 1 heterocycles. The van der Waals surface area contributed by atoms with E-state index in [-0.39, 0.29) is 23.0 Å². The number of benzene rings is 1. The Kier molecular flexibility index (Phi) is 6.49. The fourth-order valence-corrected chi connectivity index (χ4v) is 2.30. The molecular weight excluding hydrogens is 379 g/mol. The third-order valence-corrected chi connectivity index (χ3v) is 3.71. The number of rotatable bonds is 6. The van der Waals surface area contributed by atoms with Crippen LogP contribution in [0.15, 0.2) is 35.6 Å². The van der Waals surface area contributed by atoms with Crippen molar-refractivity contribution in [2.45, 2.75) is 17.9 Å². The highest BCUT2D eigenvalue weighted by atomic mass is 35.5. The predicted molar refractivity (Wildman–Crippen MR) is 88.0 cm³/mol. The highest BCUT2D eigenvalue weighted by Gasteiger charge is 2.28. The van der Waals surface area contributed by atoms with Crippen molar-refractivity contribution in [2.75, 3.05) is 12.9 Å². The van der Waals surface area contributed by atoms with Gasteiger partial charge in [-0.2, -0.15) is 13.2 Å². The van der Waals surface area contributed by atoms with Gasteiger partial charge in [0, 0.05) is 6.54 Å². The number of carbonyl (C=O) groups is 1. The van der Waals surface area contributed by atoms with E-state index in [0.717, 1.165) is 0 Å². The first-order valence-electron chi connectivity index (χ1n) is 6.91. The Morgan fingerprint density at radius 1 is 1.40 bits per heavy atom. The second-order valence-electron chi connectivity index (χ2n) is 4.79. The Morgan fingerprint density at radius 3 is 2.84 bits per heavy atom. The van der Waals surface area contributed by atoms with E-state index < -0.39 is 18.7 Å². The smallest absolute Gasteiger partial charge is 0.422 e. The van der Waals surface area contributed by atoms with Crippen molar-refractivity contribution in [3.8, 4) is 5.75 Å². The number of ether oxygens (including phenoxy) is 1. The minimum absolute atomic E-state index is 0.0329. The van der Waals surface area contributed by atoms with Crippen molar-refractivity contribution < 1.29 is 22.7 Å². The van der Waals surface area contributed by atoms with Crippen LogP contribution in [0.5, 0.6) is 5.75 Å². The van der Waals surface area contributed by atoms with Gasteiger partial charge in [-0.15, -0.1) is 0 Å². The van der Waals surface area contributed by atoms with Crippen molar-refractivity contribution in [1.29, 1.82) is 0 Å². The highest BCUT2D eigenvalue weighted by Crippen LogP contribution is 2.20. The first-order valence-corrected chi connectivity index (χ1v) is 8.52. The molecule has 0 saturated carbocycles. The molecule has 1 aromatic heterocycles. The van der Waals surface area contributed by atoms with E-state index in [4.69, 9.17) is 11.6 Å². The molecule has 5 nitrogen and oxygen atoms in total. The molecule has 134 valence electrons. The molecule has 0 aliphatic rings. The zero-order valence-corrected chi connectivity index (χ0v) is 14.5. The fourth-order valence-electron chi connectivity index (χ4n) is 1.78. The molecule has 0 radical (unpaired) electrons. The lowest BCUT2D eigenvalue weighted by atomic mass is 10.2. The van der Waals surface area contributed by atoms with Crippen LogP contribution < -0.4 is 10.1 Å². The minimum Gasteiger partial charge on any atom is -0.484 e. The van der Waals surface area contributed by atoms with Gasteiger partial charge < -0.3 is 10.1 Å². The van der Waals surface area contributed by atoms with E-state index in [9.17, 15) is 18.0 Å². The highest BCUT2D eigenvalue weighted by molar-refractivity contribution is 7.98. The van der Waals surface area contributed by atoms with Gasteiger partial charge in [-0.25, -0.2) is 9.97 Å². The van der Waals surface area contributed by atoms with Crippen LogP contribution in [-0.2, 0) is 6.54 Å². The first-order chi connectivity index (χ1) is 11.8. The van der Waals surface area contributed by atoms with Gasteiger partial charge in [0.05, 0.1) is 11.2 Å². The minimum atomic E-state index is -4.41. The van der Waals surface area contributed by atoms with Crippen molar-refractivity contribution in [3.63, 3.8) is 0 Å². The number of aromatic nitrogens is 2.